The number of hydrogen-bond acceptors (Lipinski definition) is 5. The van der Waals surface area contributed by atoms with Crippen molar-refractivity contribution in [3.63, 3.8) is 0 Å². The number of anilines is 2. The summed E-state index contributed by atoms with van der Waals surface area (Å²) < 4.78 is 45.8. The average Bonchev–Trinajstić information content (AvgIpc) is 2.65. The number of methoxy groups -OCH3 is 1. The number of likely N-dealkylation sites (tertiary alicyclic amines) is 1. The van der Waals surface area contributed by atoms with Crippen LogP contribution in [0.4, 0.5) is 29.3 Å². The number of nitrogens with one attached hydrogen (secondary N) is 2. The number of alkyl halides is 3. The standard InChI is InChI=1S/C18H22F3N3O5/c1-11(25)22-13-3-4-15(28-2)14(9-13)23-16(26)12-5-7-24(8-6-12)17(27)29-10-18(19,20)21/h3-4,9,12H,5-8,10H2,1-2H3,(H,22,25)(H,23,26). The number of nitrogens with zero attached hydrogens (tertiary/aromatic N) is 1. The van der Waals surface area contributed by atoms with Gasteiger partial charge in [0.2, 0.25) is 11.8 Å². The maximum atomic E-state index is 12.6. The van der Waals surface area contributed by atoms with E-state index in [1.165, 1.54) is 14.0 Å². The van der Waals surface area contributed by atoms with E-state index in [9.17, 15) is 27.6 Å². The first-order valence-electron chi connectivity index (χ1n) is 8.84. The zero-order valence-electron chi connectivity index (χ0n) is 16.0. The largest absolute Gasteiger partial charge is 0.495 e. The van der Waals surface area contributed by atoms with Crippen LogP contribution in [0.1, 0.15) is 19.8 Å². The van der Waals surface area contributed by atoms with Gasteiger partial charge in [0.25, 0.3) is 0 Å². The van der Waals surface area contributed by atoms with Crippen molar-refractivity contribution in [2.45, 2.75) is 25.9 Å². The van der Waals surface area contributed by atoms with Crippen molar-refractivity contribution >= 4 is 29.3 Å². The van der Waals surface area contributed by atoms with Crippen LogP contribution in [0, 0.1) is 5.92 Å². The predicted octanol–water partition coefficient (Wildman–Crippen LogP) is 3.00. The first kappa shape index (κ1) is 22.3. The van der Waals surface area contributed by atoms with Crippen LogP contribution in [0.5, 0.6) is 5.75 Å². The Morgan fingerprint density at radius 3 is 2.38 bits per heavy atom. The van der Waals surface area contributed by atoms with E-state index in [4.69, 9.17) is 4.74 Å². The number of ether oxygens (including phenoxy) is 2. The lowest BCUT2D eigenvalue weighted by atomic mass is 9.96. The fraction of sp³-hybridized carbons (Fsp3) is 0.500. The van der Waals surface area contributed by atoms with E-state index in [1.807, 2.05) is 0 Å². The summed E-state index contributed by atoms with van der Waals surface area (Å²) in [5.41, 5.74) is 0.853. The van der Waals surface area contributed by atoms with Gasteiger partial charge in [0.05, 0.1) is 12.8 Å². The first-order valence-corrected chi connectivity index (χ1v) is 8.84. The summed E-state index contributed by atoms with van der Waals surface area (Å²) in [6.07, 6.45) is -5.08. The van der Waals surface area contributed by atoms with Crippen LogP contribution in [-0.2, 0) is 14.3 Å². The zero-order chi connectivity index (χ0) is 21.6. The molecule has 1 fully saturated rings. The van der Waals surface area contributed by atoms with Crippen molar-refractivity contribution in [1.82, 2.24) is 4.90 Å². The molecule has 29 heavy (non-hydrogen) atoms. The third-order valence-electron chi connectivity index (χ3n) is 4.26. The summed E-state index contributed by atoms with van der Waals surface area (Å²) in [5.74, 6) is -0.611. The highest BCUT2D eigenvalue weighted by molar-refractivity contribution is 5.96. The fourth-order valence-electron chi connectivity index (χ4n) is 2.88. The second-order valence-corrected chi connectivity index (χ2v) is 6.52. The monoisotopic (exact) mass is 417 g/mol. The molecule has 2 N–H and O–H groups in total. The van der Waals surface area contributed by atoms with Gasteiger partial charge in [0.15, 0.2) is 6.61 Å². The van der Waals surface area contributed by atoms with Crippen molar-refractivity contribution in [3.05, 3.63) is 18.2 Å². The SMILES string of the molecule is COc1ccc(NC(C)=O)cc1NC(=O)C1CCN(C(=O)OCC(F)(F)F)CC1. The van der Waals surface area contributed by atoms with Gasteiger partial charge in [-0.2, -0.15) is 13.2 Å². The van der Waals surface area contributed by atoms with Crippen LogP contribution < -0.4 is 15.4 Å². The van der Waals surface area contributed by atoms with Gasteiger partial charge in [0, 0.05) is 31.6 Å². The molecule has 1 aliphatic heterocycles. The molecule has 1 aromatic rings. The van der Waals surface area contributed by atoms with Crippen molar-refractivity contribution < 1.29 is 37.0 Å². The molecule has 1 aliphatic rings. The molecule has 1 aromatic carbocycles. The highest BCUT2D eigenvalue weighted by atomic mass is 19.4. The van der Waals surface area contributed by atoms with Gasteiger partial charge in [-0.1, -0.05) is 0 Å². The summed E-state index contributed by atoms with van der Waals surface area (Å²) >= 11 is 0. The van der Waals surface area contributed by atoms with Gasteiger partial charge in [-0.3, -0.25) is 9.59 Å². The number of carbonyl (C=O) groups is 3. The van der Waals surface area contributed by atoms with Crippen LogP contribution in [0.15, 0.2) is 18.2 Å². The van der Waals surface area contributed by atoms with Gasteiger partial charge in [-0.15, -0.1) is 0 Å². The number of benzene rings is 1. The van der Waals surface area contributed by atoms with Crippen LogP contribution in [-0.4, -0.2) is 55.8 Å². The molecule has 0 bridgehead atoms. The molecular weight excluding hydrogens is 395 g/mol. The Morgan fingerprint density at radius 2 is 1.83 bits per heavy atom. The lowest BCUT2D eigenvalue weighted by Gasteiger charge is -2.30. The van der Waals surface area contributed by atoms with Crippen LogP contribution in [0.2, 0.25) is 0 Å². The summed E-state index contributed by atoms with van der Waals surface area (Å²) in [5, 5.41) is 5.34. The van der Waals surface area contributed by atoms with Gasteiger partial charge < -0.3 is 25.0 Å². The number of carbonyl (C=O) groups excluding carboxylic acids is 3. The lowest BCUT2D eigenvalue weighted by Crippen LogP contribution is -2.42. The molecule has 0 aromatic heterocycles. The highest BCUT2D eigenvalue weighted by Crippen LogP contribution is 2.29. The molecular formula is C18H22F3N3O5. The van der Waals surface area contributed by atoms with Crippen LogP contribution in [0.25, 0.3) is 0 Å². The van der Waals surface area contributed by atoms with E-state index in [2.05, 4.69) is 15.4 Å². The van der Waals surface area contributed by atoms with Crippen LogP contribution in [0.3, 0.4) is 0 Å². The Hall–Kier alpha value is -2.98. The highest BCUT2D eigenvalue weighted by Gasteiger charge is 2.33. The van der Waals surface area contributed by atoms with E-state index in [0.717, 1.165) is 4.90 Å². The second-order valence-electron chi connectivity index (χ2n) is 6.52. The normalized spacial score (nSPS) is 14.9. The van der Waals surface area contributed by atoms with Crippen LogP contribution >= 0.6 is 0 Å². The number of rotatable bonds is 5. The molecule has 0 unspecified atom stereocenters. The number of halogens is 3. The molecule has 1 heterocycles. The van der Waals surface area contributed by atoms with E-state index < -0.39 is 24.8 Å². The van der Waals surface area contributed by atoms with Gasteiger partial charge >= 0.3 is 12.3 Å². The van der Waals surface area contributed by atoms with E-state index in [1.54, 1.807) is 18.2 Å². The molecule has 0 spiro atoms. The number of amides is 3. The maximum Gasteiger partial charge on any atom is 0.422 e. The minimum atomic E-state index is -4.58. The van der Waals surface area contributed by atoms with Gasteiger partial charge in [-0.25, -0.2) is 4.79 Å². The third-order valence-corrected chi connectivity index (χ3v) is 4.26. The van der Waals surface area contributed by atoms with Crippen molar-refractivity contribution in [2.75, 3.05) is 37.4 Å². The molecule has 3 amide bonds. The third kappa shape index (κ3) is 6.84. The maximum absolute atomic E-state index is 12.6. The molecule has 160 valence electrons. The Bertz CT molecular complexity index is 762. The van der Waals surface area contributed by atoms with E-state index >= 15 is 0 Å². The summed E-state index contributed by atoms with van der Waals surface area (Å²) in [6, 6.07) is 4.78. The quantitative estimate of drug-likeness (QED) is 0.768. The Balaban J connectivity index is 1.93. The molecule has 0 atom stereocenters. The number of hydrogen-bond donors (Lipinski definition) is 2. The second kappa shape index (κ2) is 9.48. The van der Waals surface area contributed by atoms with Crippen molar-refractivity contribution in [2.24, 2.45) is 5.92 Å². The predicted molar refractivity (Wildman–Crippen MR) is 97.6 cm³/mol. The summed E-state index contributed by atoms with van der Waals surface area (Å²) in [6.45, 7) is -0.0671. The Kier molecular flexibility index (Phi) is 7.29. The Labute approximate surface area is 165 Å². The molecule has 0 radical (unpaired) electrons. The van der Waals surface area contributed by atoms with Gasteiger partial charge in [0.1, 0.15) is 5.75 Å². The van der Waals surface area contributed by atoms with Crippen molar-refractivity contribution in [1.29, 1.82) is 0 Å². The summed E-state index contributed by atoms with van der Waals surface area (Å²) in [7, 11) is 1.44. The van der Waals surface area contributed by atoms with Gasteiger partial charge in [-0.05, 0) is 31.0 Å². The molecule has 8 nitrogen and oxygen atoms in total. The molecule has 0 aliphatic carbocycles. The van der Waals surface area contributed by atoms with E-state index in [0.29, 0.717) is 17.1 Å². The average molecular weight is 417 g/mol. The minimum absolute atomic E-state index is 0.109. The first-order chi connectivity index (χ1) is 13.6. The minimum Gasteiger partial charge on any atom is -0.495 e. The summed E-state index contributed by atoms with van der Waals surface area (Å²) in [4.78, 5) is 36.6. The molecule has 11 heteroatoms. The fourth-order valence-corrected chi connectivity index (χ4v) is 2.88. The molecule has 0 saturated carbocycles. The molecule has 2 rings (SSSR count). The lowest BCUT2D eigenvalue weighted by molar-refractivity contribution is -0.162. The van der Waals surface area contributed by atoms with Crippen molar-refractivity contribution in [3.8, 4) is 5.75 Å². The topological polar surface area (TPSA) is 97.0 Å². The van der Waals surface area contributed by atoms with E-state index in [-0.39, 0.29) is 37.7 Å². The Morgan fingerprint density at radius 1 is 1.17 bits per heavy atom. The molecule has 1 saturated heterocycles. The smallest absolute Gasteiger partial charge is 0.422 e. The number of piperidine rings is 1. The zero-order valence-corrected chi connectivity index (χ0v) is 16.0.